The van der Waals surface area contributed by atoms with Crippen molar-refractivity contribution in [3.63, 3.8) is 0 Å². The van der Waals surface area contributed by atoms with Gasteiger partial charge < -0.3 is 9.80 Å². The maximum atomic E-state index is 12.6. The van der Waals surface area contributed by atoms with Crippen molar-refractivity contribution in [2.75, 3.05) is 13.2 Å². The van der Waals surface area contributed by atoms with Crippen LogP contribution in [0.4, 0.5) is 0 Å². The number of halogens is 1. The number of nitrogens with zero attached hydrogens (tertiary/aromatic N) is 2. The lowest BCUT2D eigenvalue weighted by molar-refractivity contribution is -0.127. The van der Waals surface area contributed by atoms with E-state index in [1.807, 2.05) is 43.3 Å². The Bertz CT molecular complexity index is 761. The molecule has 1 fully saturated rings. The summed E-state index contributed by atoms with van der Waals surface area (Å²) in [6, 6.07) is 15.1. The van der Waals surface area contributed by atoms with Crippen LogP contribution >= 0.6 is 11.6 Å². The highest BCUT2D eigenvalue weighted by atomic mass is 35.5. The van der Waals surface area contributed by atoms with Crippen molar-refractivity contribution in [1.82, 2.24) is 9.80 Å². The van der Waals surface area contributed by atoms with E-state index >= 15 is 0 Å². The van der Waals surface area contributed by atoms with E-state index in [4.69, 9.17) is 11.6 Å². The molecule has 5 heteroatoms. The normalized spacial score (nSPS) is 14.3. The molecule has 0 unspecified atom stereocenters. The highest BCUT2D eigenvalue weighted by Crippen LogP contribution is 2.21. The van der Waals surface area contributed by atoms with Crippen LogP contribution in [0.15, 0.2) is 48.5 Å². The molecule has 0 saturated carbocycles. The van der Waals surface area contributed by atoms with Gasteiger partial charge in [-0.2, -0.15) is 0 Å². The second kappa shape index (κ2) is 7.05. The maximum absolute atomic E-state index is 12.6. The fourth-order valence-electron chi connectivity index (χ4n) is 2.83. The molecule has 4 nitrogen and oxygen atoms in total. The first-order valence-corrected chi connectivity index (χ1v) is 8.35. The molecule has 0 radical (unpaired) electrons. The molecule has 3 rings (SSSR count). The zero-order valence-corrected chi connectivity index (χ0v) is 14.3. The molecule has 2 amide bonds. The molecule has 2 aromatic rings. The van der Waals surface area contributed by atoms with E-state index in [1.54, 1.807) is 21.9 Å². The number of hydrogen-bond donors (Lipinski definition) is 0. The number of amides is 2. The molecule has 0 bridgehead atoms. The van der Waals surface area contributed by atoms with Gasteiger partial charge in [0.05, 0.1) is 6.67 Å². The third kappa shape index (κ3) is 3.44. The lowest BCUT2D eigenvalue weighted by atomic mass is 10.1. The average Bonchev–Trinajstić information content (AvgIpc) is 2.96. The minimum Gasteiger partial charge on any atom is -0.319 e. The molecule has 0 aliphatic carbocycles. The van der Waals surface area contributed by atoms with Crippen molar-refractivity contribution in [2.24, 2.45) is 0 Å². The molecule has 1 heterocycles. The molecule has 124 valence electrons. The monoisotopic (exact) mass is 342 g/mol. The van der Waals surface area contributed by atoms with Crippen LogP contribution < -0.4 is 0 Å². The number of carbonyl (C=O) groups is 2. The van der Waals surface area contributed by atoms with Crippen molar-refractivity contribution in [3.05, 3.63) is 70.2 Å². The van der Waals surface area contributed by atoms with Crippen LogP contribution in [0.3, 0.4) is 0 Å². The van der Waals surface area contributed by atoms with Gasteiger partial charge in [-0.05, 0) is 29.7 Å². The predicted octanol–water partition coefficient (Wildman–Crippen LogP) is 3.34. The van der Waals surface area contributed by atoms with Crippen molar-refractivity contribution in [1.29, 1.82) is 0 Å². The van der Waals surface area contributed by atoms with Crippen molar-refractivity contribution >= 4 is 23.4 Å². The molecule has 0 spiro atoms. The number of carbonyl (C=O) groups excluding carboxylic acids is 2. The van der Waals surface area contributed by atoms with Gasteiger partial charge in [0.25, 0.3) is 5.91 Å². The van der Waals surface area contributed by atoms with Crippen LogP contribution in [-0.2, 0) is 17.8 Å². The van der Waals surface area contributed by atoms with Gasteiger partial charge in [0.2, 0.25) is 5.91 Å². The van der Waals surface area contributed by atoms with Gasteiger partial charge >= 0.3 is 0 Å². The molecule has 1 saturated heterocycles. The van der Waals surface area contributed by atoms with E-state index in [9.17, 15) is 9.59 Å². The van der Waals surface area contributed by atoms with Gasteiger partial charge in [-0.1, -0.05) is 54.9 Å². The van der Waals surface area contributed by atoms with E-state index < -0.39 is 0 Å². The minimum atomic E-state index is -0.163. The van der Waals surface area contributed by atoms with Gasteiger partial charge in [-0.25, -0.2) is 0 Å². The second-order valence-electron chi connectivity index (χ2n) is 5.88. The van der Waals surface area contributed by atoms with Crippen LogP contribution in [0.5, 0.6) is 0 Å². The third-order valence-corrected chi connectivity index (χ3v) is 4.56. The summed E-state index contributed by atoms with van der Waals surface area (Å²) in [5, 5.41) is 0.593. The van der Waals surface area contributed by atoms with Crippen molar-refractivity contribution < 1.29 is 9.59 Å². The molecule has 0 N–H and O–H groups in total. The fraction of sp³-hybridized carbons (Fsp3) is 0.263. The second-order valence-corrected chi connectivity index (χ2v) is 6.29. The fourth-order valence-corrected chi connectivity index (χ4v) is 3.14. The summed E-state index contributed by atoms with van der Waals surface area (Å²) < 4.78 is 0. The van der Waals surface area contributed by atoms with E-state index in [0.29, 0.717) is 23.8 Å². The topological polar surface area (TPSA) is 40.6 Å². The van der Waals surface area contributed by atoms with Gasteiger partial charge in [0.15, 0.2) is 0 Å². The summed E-state index contributed by atoms with van der Waals surface area (Å²) in [5.74, 6) is -0.202. The van der Waals surface area contributed by atoms with E-state index in [1.165, 1.54) is 0 Å². The Morgan fingerprint density at radius 3 is 2.58 bits per heavy atom. The molecular weight excluding hydrogens is 324 g/mol. The molecule has 1 aliphatic heterocycles. The number of rotatable bonds is 4. The first-order chi connectivity index (χ1) is 11.6. The SMILES string of the molecule is CCc1ccc(C(=O)N2CC(=O)N(Cc3ccccc3)C2)cc1Cl. The van der Waals surface area contributed by atoms with Gasteiger partial charge in [-0.15, -0.1) is 0 Å². The van der Waals surface area contributed by atoms with Crippen LogP contribution in [-0.4, -0.2) is 34.8 Å². The lowest BCUT2D eigenvalue weighted by Crippen LogP contribution is -2.31. The number of hydrogen-bond acceptors (Lipinski definition) is 2. The summed E-state index contributed by atoms with van der Waals surface area (Å²) in [6.45, 7) is 2.95. The van der Waals surface area contributed by atoms with Gasteiger partial charge in [0, 0.05) is 17.1 Å². The molecule has 24 heavy (non-hydrogen) atoms. The standard InChI is InChI=1S/C19H19ClN2O2/c1-2-15-8-9-16(10-17(15)20)19(24)22-12-18(23)21(13-22)11-14-6-4-3-5-7-14/h3-10H,2,11-13H2,1H3. The zero-order valence-electron chi connectivity index (χ0n) is 13.5. The first-order valence-electron chi connectivity index (χ1n) is 7.98. The summed E-state index contributed by atoms with van der Waals surface area (Å²) in [7, 11) is 0. The molecule has 0 atom stereocenters. The lowest BCUT2D eigenvalue weighted by Gasteiger charge is -2.18. The number of benzene rings is 2. The smallest absolute Gasteiger partial charge is 0.255 e. The van der Waals surface area contributed by atoms with Crippen molar-refractivity contribution in [3.8, 4) is 0 Å². The Labute approximate surface area is 146 Å². The van der Waals surface area contributed by atoms with Crippen LogP contribution in [0.25, 0.3) is 0 Å². The maximum Gasteiger partial charge on any atom is 0.255 e. The largest absolute Gasteiger partial charge is 0.319 e. The van der Waals surface area contributed by atoms with Gasteiger partial charge in [-0.3, -0.25) is 9.59 Å². The molecule has 0 aromatic heterocycles. The Balaban J connectivity index is 1.71. The Kier molecular flexibility index (Phi) is 4.86. The van der Waals surface area contributed by atoms with Crippen LogP contribution in [0.2, 0.25) is 5.02 Å². The Morgan fingerprint density at radius 2 is 1.92 bits per heavy atom. The third-order valence-electron chi connectivity index (χ3n) is 4.20. The predicted molar refractivity (Wildman–Crippen MR) is 93.7 cm³/mol. The Hall–Kier alpha value is -2.33. The highest BCUT2D eigenvalue weighted by molar-refractivity contribution is 6.31. The average molecular weight is 343 g/mol. The van der Waals surface area contributed by atoms with Crippen LogP contribution in [0.1, 0.15) is 28.4 Å². The molecule has 2 aromatic carbocycles. The van der Waals surface area contributed by atoms with Gasteiger partial charge in [0.1, 0.15) is 6.54 Å². The molecular formula is C19H19ClN2O2. The summed E-state index contributed by atoms with van der Waals surface area (Å²) >= 11 is 6.20. The summed E-state index contributed by atoms with van der Waals surface area (Å²) in [6.07, 6.45) is 0.820. The van der Waals surface area contributed by atoms with E-state index in [-0.39, 0.29) is 18.4 Å². The summed E-state index contributed by atoms with van der Waals surface area (Å²) in [4.78, 5) is 28.1. The minimum absolute atomic E-state index is 0.0384. The quantitative estimate of drug-likeness (QED) is 0.855. The first kappa shape index (κ1) is 16.5. The van der Waals surface area contributed by atoms with E-state index in [2.05, 4.69) is 0 Å². The number of aryl methyl sites for hydroxylation is 1. The van der Waals surface area contributed by atoms with Crippen molar-refractivity contribution in [2.45, 2.75) is 19.9 Å². The van der Waals surface area contributed by atoms with E-state index in [0.717, 1.165) is 17.5 Å². The highest BCUT2D eigenvalue weighted by Gasteiger charge is 2.31. The zero-order chi connectivity index (χ0) is 17.1. The van der Waals surface area contributed by atoms with Crippen LogP contribution in [0, 0.1) is 0 Å². The summed E-state index contributed by atoms with van der Waals surface area (Å²) in [5.41, 5.74) is 2.58. The Morgan fingerprint density at radius 1 is 1.17 bits per heavy atom. The molecule has 1 aliphatic rings.